The van der Waals surface area contributed by atoms with Crippen molar-refractivity contribution in [2.45, 2.75) is 116 Å². The van der Waals surface area contributed by atoms with E-state index in [1.54, 1.807) is 0 Å². The van der Waals surface area contributed by atoms with Crippen LogP contribution >= 0.6 is 0 Å². The van der Waals surface area contributed by atoms with Crippen molar-refractivity contribution in [2.75, 3.05) is 188 Å². The topological polar surface area (TPSA) is 417 Å². The summed E-state index contributed by atoms with van der Waals surface area (Å²) in [5, 5.41) is -0.327. The number of amides is 6. The highest BCUT2D eigenvalue weighted by Gasteiger charge is 2.41. The highest BCUT2D eigenvalue weighted by atomic mass is 16.2. The molecular weight excluding hydrogens is 1750 g/mol. The molecular formula is C96H120N36O6. The highest BCUT2D eigenvalue weighted by Crippen LogP contribution is 2.37. The number of nitrogens with zero attached hydrogens (tertiary/aromatic N) is 30. The van der Waals surface area contributed by atoms with E-state index < -0.39 is 403 Å². The van der Waals surface area contributed by atoms with Gasteiger partial charge in [-0.3, -0.25) is 28.8 Å². The Bertz CT molecular complexity index is 10100. The molecule has 12 aromatic heterocycles. The van der Waals surface area contributed by atoms with Crippen LogP contribution in [0.2, 0.25) is 0 Å². The van der Waals surface area contributed by atoms with Crippen LogP contribution < -0.4 is 29.4 Å². The molecule has 6 aliphatic heterocycles. The van der Waals surface area contributed by atoms with Crippen LogP contribution in [0.25, 0.3) is 95.3 Å². The number of carbonyl (C=O) groups excluding carboxylic acids is 6. The van der Waals surface area contributed by atoms with E-state index in [-0.39, 0.29) is 110 Å². The normalized spacial score (nSPS) is 38.5. The molecule has 42 heteroatoms. The second-order valence-electron chi connectivity index (χ2n) is 28.0. The van der Waals surface area contributed by atoms with Gasteiger partial charge in [-0.05, 0) is 110 Å². The zero-order chi connectivity index (χ0) is 162. The molecule has 0 radical (unpaired) electrons. The third-order valence-electron chi connectivity index (χ3n) is 19.1. The third kappa shape index (κ3) is 23.1. The minimum atomic E-state index is -3.95. The minimum Gasteiger partial charge on any atom is -0.354 e. The molecule has 12 atom stereocenters. The molecule has 0 aromatic carbocycles. The van der Waals surface area contributed by atoms with Gasteiger partial charge in [0, 0.05) is 230 Å². The Morgan fingerprint density at radius 2 is 0.551 bits per heavy atom. The van der Waals surface area contributed by atoms with Gasteiger partial charge < -0.3 is 118 Å². The molecule has 6 N–H and O–H groups in total. The van der Waals surface area contributed by atoms with E-state index >= 15 is 0 Å². The van der Waals surface area contributed by atoms with Gasteiger partial charge in [-0.25, -0.2) is 99.2 Å². The molecule has 0 unspecified atom stereocenters. The lowest BCUT2D eigenvalue weighted by atomic mass is 9.92. The first-order valence-corrected chi connectivity index (χ1v) is 39.2. The Labute approximate surface area is 904 Å². The van der Waals surface area contributed by atoms with Crippen LogP contribution in [0.1, 0.15) is 180 Å². The fraction of sp³-hybridized carbons (Fsp3) is 0.500. The second-order valence-corrected chi connectivity index (χ2v) is 28.0. The molecule has 6 aliphatic rings. The molecule has 0 bridgehead atoms. The van der Waals surface area contributed by atoms with E-state index in [1.807, 2.05) is 0 Å². The molecule has 720 valence electrons. The van der Waals surface area contributed by atoms with Crippen molar-refractivity contribution < 1.29 is 129 Å². The molecule has 0 aliphatic carbocycles. The number of aromatic nitrogens is 18. The van der Waals surface area contributed by atoms with Crippen LogP contribution in [-0.4, -0.2) is 350 Å². The standard InChI is InChI=1S/6C16H20N6O/c6*1-11-5-7-22(14(23)8-17-2)9-13(11)21(3)16-12-4-6-18-15(12)19-10-20-16/h6*4,6,10-11,13H,5,7-9H2,1,3H3,(H,18,19,20)/t6*11-,13+/m111111/s1/i1D3,3D3,5D2,7D2,9D2,10D,13D;1D3,3D3,5D2,7D2,9D2,10D,11D;3D3,5D2,7D2,9D2,10D,13D;3D3,5D2,7D2,9D2,10D,11D;1D3,3D3,5D2,7D2,9D2,10D;3D3,5D2,7D2,9D2,10D. The first-order chi connectivity index (χ1) is 95.0. The van der Waals surface area contributed by atoms with Crippen LogP contribution in [0.15, 0.2) is 111 Å². The van der Waals surface area contributed by atoms with Crippen molar-refractivity contribution in [1.29, 1.82) is 0 Å². The van der Waals surface area contributed by atoms with Gasteiger partial charge in [-0.15, -0.1) is 0 Å². The maximum absolute atomic E-state index is 12.8. The van der Waals surface area contributed by atoms with Gasteiger partial charge in [0.15, 0.2) is 0 Å². The van der Waals surface area contributed by atoms with Gasteiger partial charge in [-0.1, -0.05) is 41.3 Å². The largest absolute Gasteiger partial charge is 0.354 e. The van der Waals surface area contributed by atoms with Crippen molar-refractivity contribution in [2.24, 2.45) is 35.5 Å². The average Bonchev–Trinajstić information content (AvgIpc) is 1.65. The first kappa shape index (κ1) is 41.9. The van der Waals surface area contributed by atoms with Crippen molar-refractivity contribution >= 4 is 137 Å². The lowest BCUT2D eigenvalue weighted by Gasteiger charge is -2.41. The van der Waals surface area contributed by atoms with Crippen molar-refractivity contribution in [3.05, 3.63) is 180 Å². The molecule has 0 saturated carbocycles. The summed E-state index contributed by atoms with van der Waals surface area (Å²) >= 11 is 0. The van der Waals surface area contributed by atoms with Crippen molar-refractivity contribution in [3.8, 4) is 0 Å². The maximum Gasteiger partial charge on any atom is 0.302 e. The van der Waals surface area contributed by atoms with E-state index in [0.717, 1.165) is 20.8 Å². The van der Waals surface area contributed by atoms with Crippen LogP contribution in [0.5, 0.6) is 0 Å². The van der Waals surface area contributed by atoms with Gasteiger partial charge in [0.1, 0.15) is 115 Å². The fourth-order valence-corrected chi connectivity index (χ4v) is 12.4. The van der Waals surface area contributed by atoms with E-state index in [0.29, 0.717) is 9.80 Å². The van der Waals surface area contributed by atoms with Gasteiger partial charge in [0.2, 0.25) is 0 Å². The molecule has 6 saturated heterocycles. The van der Waals surface area contributed by atoms with Gasteiger partial charge in [-0.2, -0.15) is 0 Å². The van der Waals surface area contributed by atoms with E-state index in [9.17, 15) is 30.1 Å². The van der Waals surface area contributed by atoms with Crippen LogP contribution in [0, 0.1) is 74.9 Å². The number of nitrogens with one attached hydrogen (secondary N) is 6. The predicted molar refractivity (Wildman–Crippen MR) is 527 cm³/mol. The van der Waals surface area contributed by atoms with Crippen LogP contribution in [0.3, 0.4) is 0 Å². The van der Waals surface area contributed by atoms with E-state index in [2.05, 4.69) is 119 Å². The number of hydrogen-bond donors (Lipinski definition) is 6. The summed E-state index contributed by atoms with van der Waals surface area (Å²) in [5.41, 5.74) is -0.219. The van der Waals surface area contributed by atoms with Gasteiger partial charge in [0.05, 0.1) is 87.7 Å². The number of piperidine rings is 6. The van der Waals surface area contributed by atoms with Crippen LogP contribution in [0.4, 0.5) is 34.9 Å². The zero-order valence-corrected chi connectivity index (χ0v) is 71.2. The van der Waals surface area contributed by atoms with E-state index in [1.165, 1.54) is 73.6 Å². The first-order valence-electron chi connectivity index (χ1n) is 75.7. The zero-order valence-electron chi connectivity index (χ0n) is 144. The Morgan fingerprint density at radius 3 is 0.841 bits per heavy atom. The number of aromatic amines is 6. The minimum absolute atomic E-state index is 0.00356. The summed E-state index contributed by atoms with van der Waals surface area (Å²) in [6.07, 6.45) is -17.0. The van der Waals surface area contributed by atoms with Crippen molar-refractivity contribution in [3.63, 3.8) is 0 Å². The van der Waals surface area contributed by atoms with Crippen molar-refractivity contribution in [1.82, 2.24) is 119 Å². The molecule has 42 nitrogen and oxygen atoms in total. The monoisotopic (exact) mass is 1950 g/mol. The molecule has 18 heterocycles. The molecule has 0 spiro atoms. The third-order valence-corrected chi connectivity index (χ3v) is 19.1. The quantitative estimate of drug-likeness (QED) is 0.0435. The number of H-pyrrole nitrogens is 6. The van der Waals surface area contributed by atoms with E-state index in [4.69, 9.17) is 138 Å². The molecule has 138 heavy (non-hydrogen) atoms. The Morgan fingerprint density at radius 1 is 0.319 bits per heavy atom. The number of carbonyl (C=O) groups is 6. The average molecular weight is 1950 g/mol. The molecule has 6 fully saturated rings. The highest BCUT2D eigenvalue weighted by molar-refractivity contribution is 5.93. The summed E-state index contributed by atoms with van der Waals surface area (Å²) in [7, 11) is 0. The fourth-order valence-electron chi connectivity index (χ4n) is 12.4. The molecule has 6 amide bonds. The SMILES string of the molecule is [2H]c1nc(N(C([2H])([2H])[2H])[C@]2([2H])[C@H](C([2H])([2H])[2H])C([2H])([2H])C([2H])([2H])N(C(=O)C[N+]#[C-])C2([2H])[2H])c2cc[nH]c2n1.[2H]c1nc(N(C([2H])([2H])[2H])[C@]2([2H])[C@H](C)C([2H])([2H])C([2H])([2H])N(C(=O)C[N+]#[C-])C2([2H])[2H])c2cc[nH]c2n1.[2H]c1nc(N([C@@H]2[C@H](C([2H])([2H])[2H])C([2H])([2H])C([2H])([2H])N(C(=O)C[N+]#[C-])C2([2H])[2H])C([2H])([2H])[2H])c2cc[nH]c2n1.[2H]c1nc(N([C@@H]2[C@H](C)C([2H])([2H])C([2H])([2H])N(C(=O)C[N+]#[C-])C2([2H])[2H])C([2H])([2H])[2H])c2cc[nH]c2n1.[2H]c1nc(N([C@H]2C([2H])([2H])N(C(=O)C[N+]#[C-])C([2H])([2H])C([2H])([2H])[C@@]2([2H])C([2H])([2H])[2H])C([2H])([2H])[2H])c2cc[nH]c2n1.[2H]c1nc(N([C@H]2C([2H])([2H])N(C(=O)C[N+]#[C-])C([2H])([2H])C([2H])([2H])[C@@]2([2H])C)C([2H])([2H])[2H])c2cc[nH]c2n1. The predicted octanol–water partition coefficient (Wildman–Crippen LogP) is 9.30. The Kier molecular flexibility index (Phi) is 14.1. The summed E-state index contributed by atoms with van der Waals surface area (Å²) in [4.78, 5) is 154. The lowest BCUT2D eigenvalue weighted by molar-refractivity contribution is -0.131. The summed E-state index contributed by atoms with van der Waals surface area (Å²) < 4.78 is 606. The van der Waals surface area contributed by atoms with Gasteiger partial charge in [0.25, 0.3) is 39.3 Å². The number of likely N-dealkylation sites (tertiary alicyclic amines) is 6. The molecule has 18 rings (SSSR count). The number of hydrogen-bond acceptors (Lipinski definition) is 24. The summed E-state index contributed by atoms with van der Waals surface area (Å²) in [5.74, 6) is -28.9. The number of likely N-dealkylation sites (N-methyl/N-ethyl adjacent to an activating group) is 6. The summed E-state index contributed by atoms with van der Waals surface area (Å²) in [6, 6.07) is -9.18. The smallest absolute Gasteiger partial charge is 0.302 e. The number of fused-ring (bicyclic) bond motifs is 6. The Hall–Kier alpha value is -15.7. The second kappa shape index (κ2) is 46.5. The van der Waals surface area contributed by atoms with Crippen LogP contribution in [-0.2, 0) is 28.8 Å². The Balaban J connectivity index is 0.000000202. The molecule has 12 aromatic rings. The number of anilines is 6. The summed E-state index contributed by atoms with van der Waals surface area (Å²) in [6.45, 7) is -35.8. The van der Waals surface area contributed by atoms with Gasteiger partial charge >= 0.3 is 35.4 Å². The lowest BCUT2D eigenvalue weighted by Crippen LogP contribution is -2.53. The maximum atomic E-state index is 12.8. The number of rotatable bonds is 18.